The maximum absolute atomic E-state index is 14.4. The Labute approximate surface area is 293 Å². The van der Waals surface area contributed by atoms with Crippen LogP contribution in [0.5, 0.6) is 0 Å². The highest BCUT2D eigenvalue weighted by atomic mass is 32.1. The number of anilines is 2. The van der Waals surface area contributed by atoms with Crippen LogP contribution in [-0.4, -0.2) is 87.4 Å². The summed E-state index contributed by atoms with van der Waals surface area (Å²) in [5, 5.41) is 11.3. The highest BCUT2D eigenvalue weighted by Gasteiger charge is 2.52. The Morgan fingerprint density at radius 1 is 1.00 bits per heavy atom. The number of amides is 5. The van der Waals surface area contributed by atoms with Crippen LogP contribution in [0.3, 0.4) is 0 Å². The van der Waals surface area contributed by atoms with Gasteiger partial charge >= 0.3 is 6.03 Å². The fourth-order valence-electron chi connectivity index (χ4n) is 7.00. The van der Waals surface area contributed by atoms with Gasteiger partial charge in [0.05, 0.1) is 23.3 Å². The number of thiazole rings is 1. The van der Waals surface area contributed by atoms with Gasteiger partial charge in [-0.05, 0) is 52.6 Å². The molecule has 2 fully saturated rings. The van der Waals surface area contributed by atoms with E-state index in [1.807, 2.05) is 73.7 Å². The van der Waals surface area contributed by atoms with Crippen LogP contribution < -0.4 is 16.4 Å². The number of nitrogens with zero attached hydrogens (tertiary/aromatic N) is 5. The maximum atomic E-state index is 14.4. The number of carbonyl (C=O) groups is 4. The average Bonchev–Trinajstić information content (AvgIpc) is 3.67. The quantitative estimate of drug-likeness (QED) is 0.204. The smallest absolute Gasteiger partial charge is 0.331 e. The van der Waals surface area contributed by atoms with E-state index in [9.17, 15) is 19.2 Å². The predicted octanol–water partition coefficient (Wildman–Crippen LogP) is 4.67. The Morgan fingerprint density at radius 2 is 1.76 bits per heavy atom. The largest absolute Gasteiger partial charge is 0.375 e. The minimum absolute atomic E-state index is 0.0208. The number of hydrazine groups is 1. The van der Waals surface area contributed by atoms with Crippen molar-refractivity contribution >= 4 is 66.9 Å². The van der Waals surface area contributed by atoms with Gasteiger partial charge < -0.3 is 26.2 Å². The van der Waals surface area contributed by atoms with Crippen molar-refractivity contribution in [3.63, 3.8) is 0 Å². The third-order valence-corrected chi connectivity index (χ3v) is 10.2. The molecular formula is C37H38N8O4S. The van der Waals surface area contributed by atoms with Crippen molar-refractivity contribution in [3.05, 3.63) is 102 Å². The highest BCUT2D eigenvalue weighted by Crippen LogP contribution is 2.33. The number of benzene rings is 4. The first-order valence-corrected chi connectivity index (χ1v) is 17.4. The van der Waals surface area contributed by atoms with E-state index in [-0.39, 0.29) is 49.8 Å². The molecule has 0 unspecified atom stereocenters. The van der Waals surface area contributed by atoms with Gasteiger partial charge in [0.2, 0.25) is 11.8 Å². The summed E-state index contributed by atoms with van der Waals surface area (Å²) < 4.78 is 0.932. The van der Waals surface area contributed by atoms with Crippen LogP contribution in [0.1, 0.15) is 34.8 Å². The molecule has 2 atom stereocenters. The SMILES string of the molecule is CCCN(C(=O)NC)N1CC(=O)N2[C@@H](Cc3ccc(NC(=O)c4cccc5ccccc45)cc3)C(=O)N(Cc3cccc4sc(N)nc34)C[C@@H]21. The van der Waals surface area contributed by atoms with Crippen molar-refractivity contribution in [2.75, 3.05) is 37.7 Å². The fraction of sp³-hybridized carbons (Fsp3) is 0.270. The lowest BCUT2D eigenvalue weighted by Gasteiger charge is -2.46. The number of rotatable bonds is 9. The number of hydrogen-bond donors (Lipinski definition) is 3. The molecule has 12 nitrogen and oxygen atoms in total. The molecule has 7 rings (SSSR count). The van der Waals surface area contributed by atoms with Gasteiger partial charge in [0.25, 0.3) is 5.91 Å². The van der Waals surface area contributed by atoms with Crippen molar-refractivity contribution in [1.29, 1.82) is 0 Å². The first kappa shape index (κ1) is 33.0. The molecule has 3 heterocycles. The Balaban J connectivity index is 1.16. The summed E-state index contributed by atoms with van der Waals surface area (Å²) in [6, 6.07) is 25.4. The minimum Gasteiger partial charge on any atom is -0.375 e. The molecule has 50 heavy (non-hydrogen) atoms. The molecule has 1 aromatic heterocycles. The average molecular weight is 691 g/mol. The number of nitrogen functional groups attached to an aromatic ring is 1. The molecular weight excluding hydrogens is 653 g/mol. The van der Waals surface area contributed by atoms with E-state index in [1.165, 1.54) is 11.3 Å². The molecule has 4 N–H and O–H groups in total. The van der Waals surface area contributed by atoms with Gasteiger partial charge in [0.1, 0.15) is 12.2 Å². The lowest BCUT2D eigenvalue weighted by Crippen LogP contribution is -2.66. The molecule has 0 bridgehead atoms. The van der Waals surface area contributed by atoms with Gasteiger partial charge in [-0.15, -0.1) is 0 Å². The molecule has 0 saturated carbocycles. The Morgan fingerprint density at radius 3 is 2.54 bits per heavy atom. The zero-order valence-corrected chi connectivity index (χ0v) is 28.7. The molecule has 0 radical (unpaired) electrons. The molecule has 0 spiro atoms. The van der Waals surface area contributed by atoms with E-state index in [4.69, 9.17) is 5.73 Å². The molecule has 2 saturated heterocycles. The van der Waals surface area contributed by atoms with E-state index in [2.05, 4.69) is 15.6 Å². The molecule has 5 amide bonds. The van der Waals surface area contributed by atoms with E-state index < -0.39 is 12.2 Å². The lowest BCUT2D eigenvalue weighted by molar-refractivity contribution is -0.157. The summed E-state index contributed by atoms with van der Waals surface area (Å²) in [6.45, 7) is 2.86. The van der Waals surface area contributed by atoms with Gasteiger partial charge in [0.15, 0.2) is 5.13 Å². The van der Waals surface area contributed by atoms with Gasteiger partial charge in [-0.3, -0.25) is 19.4 Å². The first-order chi connectivity index (χ1) is 24.2. The highest BCUT2D eigenvalue weighted by molar-refractivity contribution is 7.22. The standard InChI is InChI=1S/C37H38N8O4S/c1-3-18-43(37(49)39-2)44-22-32(46)45-29(35(48)42(21-31(44)45)20-25-10-7-13-30-33(25)41-36(38)50-30)19-23-14-16-26(17-15-23)40-34(47)28-12-6-9-24-8-4-5-11-27(24)28/h4-17,29,31H,3,18-22H2,1-2H3,(H2,38,41)(H,39,49)(H,40,47)/t29-,31+/m0/s1. The monoisotopic (exact) mass is 690 g/mol. The van der Waals surface area contributed by atoms with E-state index in [0.29, 0.717) is 29.3 Å². The molecule has 2 aliphatic heterocycles. The van der Waals surface area contributed by atoms with E-state index in [0.717, 1.165) is 32.1 Å². The van der Waals surface area contributed by atoms with Crippen molar-refractivity contribution in [2.45, 2.75) is 38.5 Å². The third-order valence-electron chi connectivity index (χ3n) is 9.32. The van der Waals surface area contributed by atoms with Gasteiger partial charge in [-0.25, -0.2) is 9.78 Å². The predicted molar refractivity (Wildman–Crippen MR) is 194 cm³/mol. The van der Waals surface area contributed by atoms with Gasteiger partial charge in [-0.2, -0.15) is 5.01 Å². The molecule has 13 heteroatoms. The number of hydrogen-bond acceptors (Lipinski definition) is 8. The topological polar surface area (TPSA) is 144 Å². The summed E-state index contributed by atoms with van der Waals surface area (Å²) >= 11 is 1.39. The first-order valence-electron chi connectivity index (χ1n) is 16.6. The summed E-state index contributed by atoms with van der Waals surface area (Å²) in [7, 11) is 1.56. The molecule has 4 aromatic carbocycles. The number of nitrogens with two attached hydrogens (primary N) is 1. The van der Waals surface area contributed by atoms with Crippen LogP contribution in [0, 0.1) is 0 Å². The normalized spacial score (nSPS) is 17.7. The van der Waals surface area contributed by atoms with Crippen molar-refractivity contribution < 1.29 is 19.2 Å². The summed E-state index contributed by atoms with van der Waals surface area (Å²) in [6.07, 6.45) is 0.394. The van der Waals surface area contributed by atoms with Crippen molar-refractivity contribution in [3.8, 4) is 0 Å². The number of piperazine rings is 1. The number of urea groups is 1. The van der Waals surface area contributed by atoms with Gasteiger partial charge in [0, 0.05) is 37.8 Å². The molecule has 5 aromatic rings. The number of carbonyl (C=O) groups excluding carboxylic acids is 4. The van der Waals surface area contributed by atoms with E-state index >= 15 is 0 Å². The second-order valence-electron chi connectivity index (χ2n) is 12.5. The van der Waals surface area contributed by atoms with Crippen molar-refractivity contribution in [2.24, 2.45) is 0 Å². The number of aromatic nitrogens is 1. The number of fused-ring (bicyclic) bond motifs is 3. The van der Waals surface area contributed by atoms with Crippen LogP contribution in [0.2, 0.25) is 0 Å². The zero-order chi connectivity index (χ0) is 34.9. The maximum Gasteiger partial charge on any atom is 0.331 e. The number of para-hydroxylation sites is 1. The Kier molecular flexibility index (Phi) is 9.08. The number of nitrogens with one attached hydrogen (secondary N) is 2. The summed E-state index contributed by atoms with van der Waals surface area (Å²) in [4.78, 5) is 62.3. The van der Waals surface area contributed by atoms with Crippen LogP contribution in [0.15, 0.2) is 84.9 Å². The van der Waals surface area contributed by atoms with E-state index in [1.54, 1.807) is 45.1 Å². The van der Waals surface area contributed by atoms with Crippen molar-refractivity contribution in [1.82, 2.24) is 30.1 Å². The second kappa shape index (κ2) is 13.8. The van der Waals surface area contributed by atoms with Crippen LogP contribution >= 0.6 is 11.3 Å². The van der Waals surface area contributed by atoms with Crippen LogP contribution in [0.25, 0.3) is 21.0 Å². The molecule has 2 aliphatic rings. The van der Waals surface area contributed by atoms with Gasteiger partial charge in [-0.1, -0.05) is 78.9 Å². The minimum atomic E-state index is -0.810. The second-order valence-corrected chi connectivity index (χ2v) is 13.6. The molecule has 256 valence electrons. The lowest BCUT2D eigenvalue weighted by atomic mass is 9.99. The Hall–Kier alpha value is -5.53. The van der Waals surface area contributed by atoms with Crippen LogP contribution in [0.4, 0.5) is 15.6 Å². The summed E-state index contributed by atoms with van der Waals surface area (Å²) in [5.74, 6) is -0.624. The van der Waals surface area contributed by atoms with Crippen LogP contribution in [-0.2, 0) is 22.6 Å². The third kappa shape index (κ3) is 6.21. The zero-order valence-electron chi connectivity index (χ0n) is 27.8. The Bertz CT molecular complexity index is 2100. The fourth-order valence-corrected chi connectivity index (χ4v) is 7.79. The molecule has 0 aliphatic carbocycles. The summed E-state index contributed by atoms with van der Waals surface area (Å²) in [5.41, 5.74) is 9.65.